The number of benzene rings is 1. The van der Waals surface area contributed by atoms with Crippen molar-refractivity contribution in [1.82, 2.24) is 10.1 Å². The normalized spacial score (nSPS) is 12.5. The molecule has 0 saturated heterocycles. The number of carbonyl (C=O) groups is 1. The van der Waals surface area contributed by atoms with Crippen molar-refractivity contribution in [3.63, 3.8) is 0 Å². The van der Waals surface area contributed by atoms with Crippen molar-refractivity contribution in [2.45, 2.75) is 40.3 Å². The predicted octanol–water partition coefficient (Wildman–Crippen LogP) is 3.20. The van der Waals surface area contributed by atoms with Crippen molar-refractivity contribution < 1.29 is 13.7 Å². The first kappa shape index (κ1) is 17.1. The first-order valence-corrected chi connectivity index (χ1v) is 7.48. The Morgan fingerprint density at radius 1 is 1.39 bits per heavy atom. The largest absolute Gasteiger partial charge is 0.361 e. The first-order chi connectivity index (χ1) is 10.8. The quantitative estimate of drug-likeness (QED) is 0.919. The molecule has 0 fully saturated rings. The van der Waals surface area contributed by atoms with Crippen molar-refractivity contribution in [2.75, 3.05) is 12.4 Å². The molecule has 0 spiro atoms. The SMILES string of the molecule is Cc1ccc(F)cc1NC(=O)[C@@H](C)N(C)Cc1c(C)noc1C. The van der Waals surface area contributed by atoms with Crippen LogP contribution in [0.2, 0.25) is 0 Å². The summed E-state index contributed by atoms with van der Waals surface area (Å²) in [4.78, 5) is 14.3. The lowest BCUT2D eigenvalue weighted by Crippen LogP contribution is -2.39. The third kappa shape index (κ3) is 3.96. The van der Waals surface area contributed by atoms with E-state index >= 15 is 0 Å². The van der Waals surface area contributed by atoms with Gasteiger partial charge < -0.3 is 9.84 Å². The number of nitrogens with one attached hydrogen (secondary N) is 1. The number of aromatic nitrogens is 1. The van der Waals surface area contributed by atoms with Gasteiger partial charge in [-0.3, -0.25) is 9.69 Å². The molecule has 6 heteroatoms. The van der Waals surface area contributed by atoms with E-state index < -0.39 is 0 Å². The molecule has 23 heavy (non-hydrogen) atoms. The Morgan fingerprint density at radius 2 is 2.09 bits per heavy atom. The van der Waals surface area contributed by atoms with Gasteiger partial charge in [0.2, 0.25) is 5.91 Å². The van der Waals surface area contributed by atoms with E-state index in [4.69, 9.17) is 4.52 Å². The Hall–Kier alpha value is -2.21. The summed E-state index contributed by atoms with van der Waals surface area (Å²) in [5.41, 5.74) is 3.12. The maximum absolute atomic E-state index is 13.3. The fraction of sp³-hybridized carbons (Fsp3) is 0.412. The topological polar surface area (TPSA) is 58.4 Å². The zero-order valence-corrected chi connectivity index (χ0v) is 14.1. The van der Waals surface area contributed by atoms with Crippen LogP contribution in [0, 0.1) is 26.6 Å². The molecular formula is C17H22FN3O2. The van der Waals surface area contributed by atoms with E-state index in [1.807, 2.05) is 39.6 Å². The van der Waals surface area contributed by atoms with Crippen LogP contribution in [0.1, 0.15) is 29.5 Å². The van der Waals surface area contributed by atoms with Crippen LogP contribution in [-0.2, 0) is 11.3 Å². The van der Waals surface area contributed by atoms with E-state index in [1.54, 1.807) is 6.07 Å². The second-order valence-corrected chi connectivity index (χ2v) is 5.84. The Morgan fingerprint density at radius 3 is 2.70 bits per heavy atom. The maximum Gasteiger partial charge on any atom is 0.241 e. The fourth-order valence-electron chi connectivity index (χ4n) is 2.28. The Kier molecular flexibility index (Phi) is 5.15. The van der Waals surface area contributed by atoms with Crippen LogP contribution < -0.4 is 5.32 Å². The minimum atomic E-state index is -0.383. The number of aryl methyl sites for hydroxylation is 3. The van der Waals surface area contributed by atoms with E-state index in [-0.39, 0.29) is 17.8 Å². The number of halogens is 1. The summed E-state index contributed by atoms with van der Waals surface area (Å²) in [7, 11) is 1.86. The van der Waals surface area contributed by atoms with Gasteiger partial charge in [-0.05, 0) is 52.4 Å². The summed E-state index contributed by atoms with van der Waals surface area (Å²) in [6, 6.07) is 3.96. The molecule has 1 N–H and O–H groups in total. The average Bonchev–Trinajstić information content (AvgIpc) is 2.81. The minimum absolute atomic E-state index is 0.187. The van der Waals surface area contributed by atoms with Gasteiger partial charge >= 0.3 is 0 Å². The first-order valence-electron chi connectivity index (χ1n) is 7.48. The number of rotatable bonds is 5. The second kappa shape index (κ2) is 6.91. The smallest absolute Gasteiger partial charge is 0.241 e. The summed E-state index contributed by atoms with van der Waals surface area (Å²) < 4.78 is 18.5. The van der Waals surface area contributed by atoms with E-state index in [1.165, 1.54) is 12.1 Å². The lowest BCUT2D eigenvalue weighted by atomic mass is 10.1. The van der Waals surface area contributed by atoms with Crippen LogP contribution in [0.4, 0.5) is 10.1 Å². The standard InChI is InChI=1S/C17H22FN3O2/c1-10-6-7-14(18)8-16(10)19-17(22)12(3)21(5)9-15-11(2)20-23-13(15)4/h6-8,12H,9H2,1-5H3,(H,19,22)/t12-/m1/s1. The van der Waals surface area contributed by atoms with E-state index in [9.17, 15) is 9.18 Å². The Labute approximate surface area is 135 Å². The third-order valence-corrected chi connectivity index (χ3v) is 4.09. The number of hydrogen-bond donors (Lipinski definition) is 1. The van der Waals surface area contributed by atoms with Gasteiger partial charge in [0.05, 0.1) is 11.7 Å². The van der Waals surface area contributed by atoms with E-state index in [0.29, 0.717) is 12.2 Å². The van der Waals surface area contributed by atoms with Gasteiger partial charge in [-0.2, -0.15) is 0 Å². The molecule has 1 aromatic carbocycles. The highest BCUT2D eigenvalue weighted by Gasteiger charge is 2.21. The van der Waals surface area contributed by atoms with Crippen LogP contribution in [0.25, 0.3) is 0 Å². The maximum atomic E-state index is 13.3. The zero-order valence-electron chi connectivity index (χ0n) is 14.1. The number of amides is 1. The summed E-state index contributed by atoms with van der Waals surface area (Å²) in [5.74, 6) is 0.193. The van der Waals surface area contributed by atoms with Gasteiger partial charge in [0.25, 0.3) is 0 Å². The molecule has 0 aliphatic heterocycles. The highest BCUT2D eigenvalue weighted by atomic mass is 19.1. The summed E-state index contributed by atoms with van der Waals surface area (Å²) in [5, 5.41) is 6.70. The van der Waals surface area contributed by atoms with E-state index in [0.717, 1.165) is 22.6 Å². The van der Waals surface area contributed by atoms with Crippen LogP contribution in [0.5, 0.6) is 0 Å². The summed E-state index contributed by atoms with van der Waals surface area (Å²) >= 11 is 0. The molecule has 1 atom stereocenters. The number of carbonyl (C=O) groups excluding carboxylic acids is 1. The molecule has 0 radical (unpaired) electrons. The molecular weight excluding hydrogens is 297 g/mol. The van der Waals surface area contributed by atoms with Gasteiger partial charge in [-0.1, -0.05) is 11.2 Å². The van der Waals surface area contributed by atoms with Crippen LogP contribution in [-0.4, -0.2) is 29.1 Å². The predicted molar refractivity (Wildman–Crippen MR) is 86.7 cm³/mol. The average molecular weight is 319 g/mol. The van der Waals surface area contributed by atoms with Gasteiger partial charge in [0, 0.05) is 17.8 Å². The molecule has 2 rings (SSSR count). The van der Waals surface area contributed by atoms with Gasteiger partial charge in [0.1, 0.15) is 11.6 Å². The molecule has 5 nitrogen and oxygen atoms in total. The highest BCUT2D eigenvalue weighted by Crippen LogP contribution is 2.18. The lowest BCUT2D eigenvalue weighted by Gasteiger charge is -2.24. The third-order valence-electron chi connectivity index (χ3n) is 4.09. The number of hydrogen-bond acceptors (Lipinski definition) is 4. The van der Waals surface area contributed by atoms with Crippen molar-refractivity contribution in [3.8, 4) is 0 Å². The Bertz CT molecular complexity index is 692. The van der Waals surface area contributed by atoms with Crippen LogP contribution >= 0.6 is 0 Å². The molecule has 124 valence electrons. The molecule has 1 aromatic heterocycles. The zero-order chi connectivity index (χ0) is 17.1. The van der Waals surface area contributed by atoms with Crippen molar-refractivity contribution in [3.05, 3.63) is 46.6 Å². The van der Waals surface area contributed by atoms with Crippen molar-refractivity contribution in [1.29, 1.82) is 0 Å². The number of anilines is 1. The molecule has 0 aliphatic rings. The highest BCUT2D eigenvalue weighted by molar-refractivity contribution is 5.95. The van der Waals surface area contributed by atoms with Gasteiger partial charge in [-0.25, -0.2) is 4.39 Å². The number of likely N-dealkylation sites (N-methyl/N-ethyl adjacent to an activating group) is 1. The molecule has 1 heterocycles. The lowest BCUT2D eigenvalue weighted by molar-refractivity contribution is -0.120. The van der Waals surface area contributed by atoms with Crippen LogP contribution in [0.3, 0.4) is 0 Å². The van der Waals surface area contributed by atoms with Crippen LogP contribution in [0.15, 0.2) is 22.7 Å². The number of nitrogens with zero attached hydrogens (tertiary/aromatic N) is 2. The second-order valence-electron chi connectivity index (χ2n) is 5.84. The molecule has 1 amide bonds. The molecule has 0 aliphatic carbocycles. The fourth-order valence-corrected chi connectivity index (χ4v) is 2.28. The Balaban J connectivity index is 2.05. The van der Waals surface area contributed by atoms with E-state index in [2.05, 4.69) is 10.5 Å². The molecule has 2 aromatic rings. The summed E-state index contributed by atoms with van der Waals surface area (Å²) in [6.07, 6.45) is 0. The molecule has 0 unspecified atom stereocenters. The van der Waals surface area contributed by atoms with Gasteiger partial charge in [0.15, 0.2) is 0 Å². The monoisotopic (exact) mass is 319 g/mol. The summed E-state index contributed by atoms with van der Waals surface area (Å²) in [6.45, 7) is 7.91. The molecule has 0 saturated carbocycles. The van der Waals surface area contributed by atoms with Crippen molar-refractivity contribution >= 4 is 11.6 Å². The minimum Gasteiger partial charge on any atom is -0.361 e. The molecule has 0 bridgehead atoms. The van der Waals surface area contributed by atoms with Crippen molar-refractivity contribution in [2.24, 2.45) is 0 Å². The van der Waals surface area contributed by atoms with Gasteiger partial charge in [-0.15, -0.1) is 0 Å².